The minimum atomic E-state index is 0.333. The quantitative estimate of drug-likeness (QED) is 0.814. The summed E-state index contributed by atoms with van der Waals surface area (Å²) < 4.78 is 5.92. The van der Waals surface area contributed by atoms with E-state index >= 15 is 0 Å². The molecule has 1 N–H and O–H groups in total. The summed E-state index contributed by atoms with van der Waals surface area (Å²) in [5.74, 6) is 0.684. The SMILES string of the molecule is CC(C)N1CCOC(CN2CCCC(CCO)C2)C1. The molecule has 0 bridgehead atoms. The van der Waals surface area contributed by atoms with Crippen molar-refractivity contribution in [2.75, 3.05) is 45.9 Å². The molecule has 0 aromatic heterocycles. The van der Waals surface area contributed by atoms with E-state index in [4.69, 9.17) is 9.84 Å². The smallest absolute Gasteiger partial charge is 0.0829 e. The van der Waals surface area contributed by atoms with Crippen LogP contribution in [-0.2, 0) is 4.74 Å². The maximum Gasteiger partial charge on any atom is 0.0829 e. The molecule has 0 aromatic carbocycles. The number of ether oxygens (including phenoxy) is 1. The molecule has 0 aromatic rings. The van der Waals surface area contributed by atoms with Crippen LogP contribution in [0.5, 0.6) is 0 Å². The Morgan fingerprint density at radius 2 is 2.11 bits per heavy atom. The summed E-state index contributed by atoms with van der Waals surface area (Å²) >= 11 is 0. The Morgan fingerprint density at radius 3 is 2.84 bits per heavy atom. The lowest BCUT2D eigenvalue weighted by Gasteiger charge is -2.39. The van der Waals surface area contributed by atoms with E-state index in [2.05, 4.69) is 23.6 Å². The largest absolute Gasteiger partial charge is 0.396 e. The number of aliphatic hydroxyl groups excluding tert-OH is 1. The number of rotatable bonds is 5. The highest BCUT2D eigenvalue weighted by Gasteiger charge is 2.26. The molecule has 4 nitrogen and oxygen atoms in total. The van der Waals surface area contributed by atoms with E-state index in [1.807, 2.05) is 0 Å². The van der Waals surface area contributed by atoms with E-state index in [0.29, 0.717) is 24.7 Å². The van der Waals surface area contributed by atoms with E-state index in [1.54, 1.807) is 0 Å². The lowest BCUT2D eigenvalue weighted by Crippen LogP contribution is -2.51. The van der Waals surface area contributed by atoms with Gasteiger partial charge in [0.15, 0.2) is 0 Å². The summed E-state index contributed by atoms with van der Waals surface area (Å²) in [7, 11) is 0. The molecule has 2 atom stereocenters. The maximum absolute atomic E-state index is 9.07. The van der Waals surface area contributed by atoms with Gasteiger partial charge in [0.2, 0.25) is 0 Å². The fourth-order valence-electron chi connectivity index (χ4n) is 3.34. The van der Waals surface area contributed by atoms with Crippen LogP contribution in [0, 0.1) is 5.92 Å². The summed E-state index contributed by atoms with van der Waals surface area (Å²) in [6, 6.07) is 0.620. The first-order valence-electron chi connectivity index (χ1n) is 7.88. The highest BCUT2D eigenvalue weighted by molar-refractivity contribution is 4.80. The van der Waals surface area contributed by atoms with E-state index in [1.165, 1.54) is 19.4 Å². The van der Waals surface area contributed by atoms with Crippen LogP contribution in [0.2, 0.25) is 0 Å². The Balaban J connectivity index is 1.76. The van der Waals surface area contributed by atoms with Gasteiger partial charge < -0.3 is 14.7 Å². The molecule has 19 heavy (non-hydrogen) atoms. The van der Waals surface area contributed by atoms with E-state index in [0.717, 1.165) is 39.2 Å². The summed E-state index contributed by atoms with van der Waals surface area (Å²) in [5.41, 5.74) is 0. The van der Waals surface area contributed by atoms with Gasteiger partial charge in [0.1, 0.15) is 0 Å². The lowest BCUT2D eigenvalue weighted by atomic mass is 9.95. The summed E-state index contributed by atoms with van der Waals surface area (Å²) in [4.78, 5) is 5.06. The van der Waals surface area contributed by atoms with Gasteiger partial charge in [0.25, 0.3) is 0 Å². The predicted octanol–water partition coefficient (Wildman–Crippen LogP) is 1.19. The number of hydrogen-bond donors (Lipinski definition) is 1. The van der Waals surface area contributed by atoms with Crippen LogP contribution in [0.25, 0.3) is 0 Å². The molecule has 2 saturated heterocycles. The van der Waals surface area contributed by atoms with E-state index in [9.17, 15) is 0 Å². The van der Waals surface area contributed by atoms with Gasteiger partial charge in [-0.2, -0.15) is 0 Å². The zero-order valence-electron chi connectivity index (χ0n) is 12.6. The minimum absolute atomic E-state index is 0.333. The van der Waals surface area contributed by atoms with Gasteiger partial charge in [-0.1, -0.05) is 0 Å². The number of hydrogen-bond acceptors (Lipinski definition) is 4. The Kier molecular flexibility index (Phi) is 6.07. The minimum Gasteiger partial charge on any atom is -0.396 e. The predicted molar refractivity (Wildman–Crippen MR) is 77.3 cm³/mol. The van der Waals surface area contributed by atoms with Crippen LogP contribution >= 0.6 is 0 Å². The zero-order valence-corrected chi connectivity index (χ0v) is 12.6. The second-order valence-corrected chi connectivity index (χ2v) is 6.36. The van der Waals surface area contributed by atoms with Crippen molar-refractivity contribution in [3.63, 3.8) is 0 Å². The number of likely N-dealkylation sites (tertiary alicyclic amines) is 1. The zero-order chi connectivity index (χ0) is 13.7. The van der Waals surface area contributed by atoms with Crippen molar-refractivity contribution in [2.45, 2.75) is 45.3 Å². The highest BCUT2D eigenvalue weighted by Crippen LogP contribution is 2.20. The summed E-state index contributed by atoms with van der Waals surface area (Å²) in [6.45, 7) is 11.3. The second kappa shape index (κ2) is 7.58. The normalized spacial score (nSPS) is 30.9. The van der Waals surface area contributed by atoms with Crippen LogP contribution in [-0.4, -0.2) is 73.0 Å². The highest BCUT2D eigenvalue weighted by atomic mass is 16.5. The van der Waals surface area contributed by atoms with Crippen molar-refractivity contribution in [3.8, 4) is 0 Å². The molecule has 4 heteroatoms. The summed E-state index contributed by atoms with van der Waals surface area (Å²) in [5, 5.41) is 9.07. The first-order chi connectivity index (χ1) is 9.19. The fourth-order valence-corrected chi connectivity index (χ4v) is 3.34. The molecule has 0 amide bonds. The maximum atomic E-state index is 9.07. The van der Waals surface area contributed by atoms with Gasteiger partial charge in [-0.25, -0.2) is 0 Å². The molecule has 112 valence electrons. The number of piperidine rings is 1. The number of nitrogens with zero attached hydrogens (tertiary/aromatic N) is 2. The van der Waals surface area contributed by atoms with Crippen LogP contribution in [0.3, 0.4) is 0 Å². The molecule has 2 rings (SSSR count). The fraction of sp³-hybridized carbons (Fsp3) is 1.00. The molecule has 0 aliphatic carbocycles. The topological polar surface area (TPSA) is 35.9 Å². The molecular weight excluding hydrogens is 240 g/mol. The summed E-state index contributed by atoms with van der Waals surface area (Å²) in [6.07, 6.45) is 3.87. The third-order valence-corrected chi connectivity index (χ3v) is 4.50. The standard InChI is InChI=1S/C15H30N2O2/c1-13(2)17-7-9-19-15(12-17)11-16-6-3-4-14(10-16)5-8-18/h13-15,18H,3-12H2,1-2H3. The molecular formula is C15H30N2O2. The molecule has 0 saturated carbocycles. The van der Waals surface area contributed by atoms with E-state index < -0.39 is 0 Å². The van der Waals surface area contributed by atoms with Gasteiger partial charge in [0.05, 0.1) is 12.7 Å². The van der Waals surface area contributed by atoms with Crippen LogP contribution in [0.15, 0.2) is 0 Å². The van der Waals surface area contributed by atoms with Crippen molar-refractivity contribution in [1.82, 2.24) is 9.80 Å². The van der Waals surface area contributed by atoms with Gasteiger partial charge >= 0.3 is 0 Å². The van der Waals surface area contributed by atoms with Gasteiger partial charge in [-0.15, -0.1) is 0 Å². The van der Waals surface area contributed by atoms with Crippen LogP contribution in [0.4, 0.5) is 0 Å². The van der Waals surface area contributed by atoms with Crippen LogP contribution < -0.4 is 0 Å². The van der Waals surface area contributed by atoms with Crippen molar-refractivity contribution in [1.29, 1.82) is 0 Å². The van der Waals surface area contributed by atoms with Gasteiger partial charge in [-0.05, 0) is 45.6 Å². The first-order valence-corrected chi connectivity index (χ1v) is 7.88. The first kappa shape index (κ1) is 15.2. The third-order valence-electron chi connectivity index (χ3n) is 4.50. The molecule has 2 aliphatic rings. The van der Waals surface area contributed by atoms with Crippen molar-refractivity contribution in [2.24, 2.45) is 5.92 Å². The molecule has 2 heterocycles. The second-order valence-electron chi connectivity index (χ2n) is 6.36. The molecule has 0 radical (unpaired) electrons. The Bertz CT molecular complexity index is 259. The van der Waals surface area contributed by atoms with Crippen molar-refractivity contribution < 1.29 is 9.84 Å². The third kappa shape index (κ3) is 4.71. The monoisotopic (exact) mass is 270 g/mol. The average molecular weight is 270 g/mol. The van der Waals surface area contributed by atoms with Gasteiger partial charge in [0, 0.05) is 38.8 Å². The van der Waals surface area contributed by atoms with Gasteiger partial charge in [-0.3, -0.25) is 4.90 Å². The Hall–Kier alpha value is -0.160. The Labute approximate surface area is 117 Å². The van der Waals surface area contributed by atoms with Crippen molar-refractivity contribution in [3.05, 3.63) is 0 Å². The van der Waals surface area contributed by atoms with Crippen LogP contribution in [0.1, 0.15) is 33.1 Å². The average Bonchev–Trinajstić information content (AvgIpc) is 2.40. The van der Waals surface area contributed by atoms with Crippen molar-refractivity contribution >= 4 is 0 Å². The molecule has 2 fully saturated rings. The number of morpholine rings is 1. The molecule has 2 unspecified atom stereocenters. The number of aliphatic hydroxyl groups is 1. The Morgan fingerprint density at radius 1 is 1.26 bits per heavy atom. The van der Waals surface area contributed by atoms with E-state index in [-0.39, 0.29) is 0 Å². The molecule has 2 aliphatic heterocycles. The lowest BCUT2D eigenvalue weighted by molar-refractivity contribution is -0.0563. The molecule has 0 spiro atoms.